The van der Waals surface area contributed by atoms with Gasteiger partial charge in [-0.1, -0.05) is 153 Å². The van der Waals surface area contributed by atoms with Crippen molar-refractivity contribution in [3.8, 4) is 0 Å². The van der Waals surface area contributed by atoms with Gasteiger partial charge in [0.2, 0.25) is 0 Å². The number of rotatable bonds is 28. The topological polar surface area (TPSA) is 92.8 Å². The van der Waals surface area contributed by atoms with Crippen LogP contribution in [0, 0.1) is 20.2 Å². The highest BCUT2D eigenvalue weighted by molar-refractivity contribution is 5.72. The van der Waals surface area contributed by atoms with Gasteiger partial charge in [0.25, 0.3) is 11.4 Å². The summed E-state index contributed by atoms with van der Waals surface area (Å²) >= 11 is 0. The molecule has 0 spiro atoms. The van der Waals surface area contributed by atoms with Gasteiger partial charge in [-0.3, -0.25) is 20.2 Å². The fourth-order valence-electron chi connectivity index (χ4n) is 7.05. The van der Waals surface area contributed by atoms with Crippen molar-refractivity contribution in [2.45, 2.75) is 130 Å². The van der Waals surface area contributed by atoms with Crippen molar-refractivity contribution in [2.75, 3.05) is 36.0 Å². The number of hydrogen-bond acceptors (Lipinski definition) is 6. The Morgan fingerprint density at radius 2 is 0.600 bits per heavy atom. The molecule has 0 atom stereocenters. The lowest BCUT2D eigenvalue weighted by molar-refractivity contribution is -0.385. The summed E-state index contributed by atoms with van der Waals surface area (Å²) in [6.07, 6.45) is 28.7. The van der Waals surface area contributed by atoms with Gasteiger partial charge in [-0.2, -0.15) is 0 Å². The average molecular weight is 817 g/mol. The normalized spacial score (nSPS) is 11.1. The van der Waals surface area contributed by atoms with Gasteiger partial charge in [-0.25, -0.2) is 0 Å². The lowest BCUT2D eigenvalue weighted by Gasteiger charge is -2.25. The second kappa shape index (κ2) is 29.9. The molecule has 0 heterocycles. The molecule has 60 heavy (non-hydrogen) atoms. The minimum absolute atomic E-state index is 0.120. The van der Waals surface area contributed by atoms with Crippen molar-refractivity contribution < 1.29 is 9.85 Å². The molecule has 4 aromatic carbocycles. The van der Waals surface area contributed by atoms with Crippen LogP contribution >= 0.6 is 0 Å². The molecule has 0 aliphatic heterocycles. The van der Waals surface area contributed by atoms with E-state index in [-0.39, 0.29) is 21.2 Å². The summed E-state index contributed by atoms with van der Waals surface area (Å²) in [5.74, 6) is 0. The molecule has 0 amide bonds. The highest BCUT2D eigenvalue weighted by Gasteiger charge is 2.09. The molecule has 0 saturated heterocycles. The summed E-state index contributed by atoms with van der Waals surface area (Å²) in [5.41, 5.74) is 7.02. The molecule has 4 aromatic rings. The number of anilines is 2. The van der Waals surface area contributed by atoms with Crippen LogP contribution in [0.3, 0.4) is 0 Å². The van der Waals surface area contributed by atoms with Gasteiger partial charge in [0, 0.05) is 61.8 Å². The molecule has 0 N–H and O–H groups in total. The quantitative estimate of drug-likeness (QED) is 0.0245. The van der Waals surface area contributed by atoms with E-state index >= 15 is 0 Å². The predicted molar refractivity (Wildman–Crippen MR) is 258 cm³/mol. The molecule has 0 fully saturated rings. The van der Waals surface area contributed by atoms with Crippen LogP contribution in [0.5, 0.6) is 0 Å². The zero-order chi connectivity index (χ0) is 43.2. The Bertz CT molecular complexity index is 1640. The molecule has 0 bridgehead atoms. The molecule has 8 heteroatoms. The summed E-state index contributed by atoms with van der Waals surface area (Å²) in [6.45, 7) is 13.5. The SMILES string of the molecule is CCCCCCN(CCCCCC)c1ccc(/C=C/c2ccc([N+](=O)[O-])cc2)cc1.CCCCCCN(CCCCCC)c1ccc(/C=C/c2ccc([N+](=O)[O-])cc2)cc1. The molecular weight excluding hydrogens is 745 g/mol. The Hall–Kier alpha value is -5.24. The number of hydrogen-bond donors (Lipinski definition) is 0. The first kappa shape index (κ1) is 49.1. The molecule has 324 valence electrons. The van der Waals surface area contributed by atoms with E-state index < -0.39 is 0 Å². The number of nitro benzene ring substituents is 2. The lowest BCUT2D eigenvalue weighted by Crippen LogP contribution is -2.25. The van der Waals surface area contributed by atoms with Gasteiger partial charge >= 0.3 is 0 Å². The first-order valence-electron chi connectivity index (χ1n) is 22.8. The zero-order valence-electron chi connectivity index (χ0n) is 37.1. The molecule has 0 unspecified atom stereocenters. The Balaban J connectivity index is 0.000000320. The van der Waals surface area contributed by atoms with Crippen molar-refractivity contribution >= 4 is 47.1 Å². The van der Waals surface area contributed by atoms with E-state index in [4.69, 9.17) is 0 Å². The number of nitro groups is 2. The molecule has 8 nitrogen and oxygen atoms in total. The van der Waals surface area contributed by atoms with Crippen molar-refractivity contribution in [3.05, 3.63) is 140 Å². The van der Waals surface area contributed by atoms with Gasteiger partial charge < -0.3 is 9.80 Å². The first-order valence-corrected chi connectivity index (χ1v) is 22.8. The van der Waals surface area contributed by atoms with Crippen LogP contribution in [0.15, 0.2) is 97.1 Å². The standard InChI is InChI=1S/2C26H36N2O2/c2*1-3-5-7-9-21-27(22-10-8-6-4-2)25-17-13-23(14-18-25)11-12-24-15-19-26(20-16-24)28(29)30/h2*11-20H,3-10,21-22H2,1-2H3/b2*12-11+. The van der Waals surface area contributed by atoms with Crippen molar-refractivity contribution in [2.24, 2.45) is 0 Å². The third-order valence-electron chi connectivity index (χ3n) is 10.8. The van der Waals surface area contributed by atoms with Crippen LogP contribution < -0.4 is 9.80 Å². The maximum atomic E-state index is 10.8. The lowest BCUT2D eigenvalue weighted by atomic mass is 10.1. The number of benzene rings is 4. The molecule has 0 aliphatic carbocycles. The van der Waals surface area contributed by atoms with Crippen LogP contribution in [0.4, 0.5) is 22.7 Å². The Morgan fingerprint density at radius 1 is 0.367 bits per heavy atom. The van der Waals surface area contributed by atoms with Crippen LogP contribution in [0.25, 0.3) is 24.3 Å². The minimum atomic E-state index is -0.373. The summed E-state index contributed by atoms with van der Waals surface area (Å²) in [6, 6.07) is 30.7. The second-order valence-electron chi connectivity index (χ2n) is 15.8. The van der Waals surface area contributed by atoms with Crippen LogP contribution in [0.2, 0.25) is 0 Å². The zero-order valence-corrected chi connectivity index (χ0v) is 37.1. The van der Waals surface area contributed by atoms with Crippen molar-refractivity contribution in [3.63, 3.8) is 0 Å². The van der Waals surface area contributed by atoms with E-state index in [2.05, 4.69) is 98.2 Å². The number of nitrogens with zero attached hydrogens (tertiary/aromatic N) is 4. The Labute approximate surface area is 361 Å². The highest BCUT2D eigenvalue weighted by Crippen LogP contribution is 2.22. The largest absolute Gasteiger partial charge is 0.372 e. The van der Waals surface area contributed by atoms with Crippen molar-refractivity contribution in [1.82, 2.24) is 0 Å². The molecule has 0 saturated carbocycles. The molecule has 0 aliphatic rings. The molecule has 4 rings (SSSR count). The fraction of sp³-hybridized carbons (Fsp3) is 0.462. The van der Waals surface area contributed by atoms with E-state index in [1.165, 1.54) is 138 Å². The Morgan fingerprint density at radius 3 is 0.817 bits per heavy atom. The Kier molecular flexibility index (Phi) is 24.5. The van der Waals surface area contributed by atoms with Crippen molar-refractivity contribution in [1.29, 1.82) is 0 Å². The van der Waals surface area contributed by atoms with E-state index in [0.717, 1.165) is 48.4 Å². The summed E-state index contributed by atoms with van der Waals surface area (Å²) in [5, 5.41) is 21.5. The average Bonchev–Trinajstić information content (AvgIpc) is 3.27. The summed E-state index contributed by atoms with van der Waals surface area (Å²) in [4.78, 5) is 25.8. The third kappa shape index (κ3) is 19.7. The molecule has 0 radical (unpaired) electrons. The smallest absolute Gasteiger partial charge is 0.269 e. The van der Waals surface area contributed by atoms with Gasteiger partial charge in [0.05, 0.1) is 9.85 Å². The monoisotopic (exact) mass is 817 g/mol. The van der Waals surface area contributed by atoms with E-state index in [0.29, 0.717) is 0 Å². The van der Waals surface area contributed by atoms with Crippen LogP contribution in [-0.4, -0.2) is 36.0 Å². The van der Waals surface area contributed by atoms with Gasteiger partial charge in [-0.15, -0.1) is 0 Å². The predicted octanol–water partition coefficient (Wildman–Crippen LogP) is 15.5. The fourth-order valence-corrected chi connectivity index (χ4v) is 7.05. The van der Waals surface area contributed by atoms with E-state index in [1.54, 1.807) is 24.3 Å². The van der Waals surface area contributed by atoms with Crippen LogP contribution in [0.1, 0.15) is 153 Å². The first-order chi connectivity index (χ1) is 29.3. The molecular formula is C52H72N4O4. The second-order valence-corrected chi connectivity index (χ2v) is 15.8. The highest BCUT2D eigenvalue weighted by atomic mass is 16.6. The third-order valence-corrected chi connectivity index (χ3v) is 10.8. The maximum absolute atomic E-state index is 10.8. The number of non-ortho nitro benzene ring substituents is 2. The van der Waals surface area contributed by atoms with Gasteiger partial charge in [0.1, 0.15) is 0 Å². The minimum Gasteiger partial charge on any atom is -0.372 e. The summed E-state index contributed by atoms with van der Waals surface area (Å²) < 4.78 is 0. The van der Waals surface area contributed by atoms with Gasteiger partial charge in [-0.05, 0) is 96.5 Å². The molecule has 0 aromatic heterocycles. The van der Waals surface area contributed by atoms with Gasteiger partial charge in [0.15, 0.2) is 0 Å². The summed E-state index contributed by atoms with van der Waals surface area (Å²) in [7, 11) is 0. The maximum Gasteiger partial charge on any atom is 0.269 e. The van der Waals surface area contributed by atoms with Crippen LogP contribution in [-0.2, 0) is 0 Å². The van der Waals surface area contributed by atoms with E-state index in [1.807, 2.05) is 12.2 Å². The number of unbranched alkanes of at least 4 members (excludes halogenated alkanes) is 12. The van der Waals surface area contributed by atoms with E-state index in [9.17, 15) is 20.2 Å².